The van der Waals surface area contributed by atoms with Crippen LogP contribution in [0.2, 0.25) is 0 Å². The van der Waals surface area contributed by atoms with Crippen LogP contribution in [0.15, 0.2) is 0 Å². The van der Waals surface area contributed by atoms with Gasteiger partial charge in [-0.25, -0.2) is 0 Å². The van der Waals surface area contributed by atoms with Gasteiger partial charge in [0.2, 0.25) is 5.91 Å². The lowest BCUT2D eigenvalue weighted by atomic mass is 10.3. The third-order valence-corrected chi connectivity index (χ3v) is 1.68. The summed E-state index contributed by atoms with van der Waals surface area (Å²) in [6.07, 6.45) is -0.358. The predicted molar refractivity (Wildman–Crippen MR) is 58.6 cm³/mol. The Morgan fingerprint density at radius 1 is 1.40 bits per heavy atom. The Kier molecular flexibility index (Phi) is 8.27. The second-order valence-corrected chi connectivity index (χ2v) is 3.72. The van der Waals surface area contributed by atoms with Crippen LogP contribution in [0.5, 0.6) is 0 Å². The van der Waals surface area contributed by atoms with Gasteiger partial charge in [-0.3, -0.25) is 4.79 Å². The summed E-state index contributed by atoms with van der Waals surface area (Å²) < 4.78 is 5.24. The third-order valence-electron chi connectivity index (χ3n) is 1.68. The molecule has 0 aliphatic heterocycles. The monoisotopic (exact) mass is 218 g/mol. The van der Waals surface area contributed by atoms with E-state index in [1.165, 1.54) is 6.92 Å². The summed E-state index contributed by atoms with van der Waals surface area (Å²) >= 11 is 0. The number of nitrogens with one attached hydrogen (secondary N) is 2. The van der Waals surface area contributed by atoms with Gasteiger partial charge in [0.25, 0.3) is 0 Å². The van der Waals surface area contributed by atoms with Gasteiger partial charge in [0.05, 0.1) is 18.8 Å². The molecule has 0 radical (unpaired) electrons. The molecule has 1 amide bonds. The fourth-order valence-corrected chi connectivity index (χ4v) is 0.958. The molecule has 0 aliphatic rings. The second-order valence-electron chi connectivity index (χ2n) is 3.72. The molecule has 0 bridgehead atoms. The van der Waals surface area contributed by atoms with E-state index in [0.717, 1.165) is 0 Å². The number of ether oxygens (including phenoxy) is 1. The Balaban J connectivity index is 3.23. The highest BCUT2D eigenvalue weighted by molar-refractivity contribution is 5.72. The largest absolute Gasteiger partial charge is 0.389 e. The van der Waals surface area contributed by atoms with Gasteiger partial charge in [-0.15, -0.1) is 0 Å². The summed E-state index contributed by atoms with van der Waals surface area (Å²) in [6.45, 7) is 7.38. The van der Waals surface area contributed by atoms with Gasteiger partial charge in [0.15, 0.2) is 0 Å². The molecule has 5 heteroatoms. The highest BCUT2D eigenvalue weighted by atomic mass is 16.5. The maximum absolute atomic E-state index is 10.5. The maximum Gasteiger partial charge on any atom is 0.216 e. The molecule has 0 heterocycles. The Labute approximate surface area is 91.2 Å². The van der Waals surface area contributed by atoms with Gasteiger partial charge in [0, 0.05) is 26.6 Å². The summed E-state index contributed by atoms with van der Waals surface area (Å²) in [4.78, 5) is 10.5. The molecule has 0 aromatic heterocycles. The van der Waals surface area contributed by atoms with E-state index in [0.29, 0.717) is 26.2 Å². The normalized spacial score (nSPS) is 12.9. The Hall–Kier alpha value is -0.650. The van der Waals surface area contributed by atoms with Crippen molar-refractivity contribution in [2.24, 2.45) is 0 Å². The number of hydrogen-bond donors (Lipinski definition) is 3. The first-order chi connectivity index (χ1) is 7.02. The van der Waals surface area contributed by atoms with Crippen LogP contribution in [0.4, 0.5) is 0 Å². The molecule has 90 valence electrons. The molecule has 1 atom stereocenters. The summed E-state index contributed by atoms with van der Waals surface area (Å²) in [5.74, 6) is -0.0412. The highest BCUT2D eigenvalue weighted by Crippen LogP contribution is 1.90. The van der Waals surface area contributed by atoms with Gasteiger partial charge < -0.3 is 20.5 Å². The van der Waals surface area contributed by atoms with Crippen molar-refractivity contribution in [1.82, 2.24) is 10.6 Å². The molecule has 3 N–H and O–H groups in total. The van der Waals surface area contributed by atoms with E-state index in [4.69, 9.17) is 4.74 Å². The molecule has 1 unspecified atom stereocenters. The van der Waals surface area contributed by atoms with E-state index >= 15 is 0 Å². The number of aliphatic hydroxyl groups is 1. The molecule has 0 saturated carbocycles. The van der Waals surface area contributed by atoms with Crippen LogP contribution in [0.3, 0.4) is 0 Å². The zero-order chi connectivity index (χ0) is 11.7. The highest BCUT2D eigenvalue weighted by Gasteiger charge is 2.04. The first-order valence-corrected chi connectivity index (χ1v) is 5.27. The molecule has 0 saturated heterocycles. The van der Waals surface area contributed by atoms with Crippen LogP contribution in [-0.4, -0.2) is 49.5 Å². The van der Waals surface area contributed by atoms with E-state index in [1.807, 2.05) is 13.8 Å². The molecule has 0 aromatic carbocycles. The summed E-state index contributed by atoms with van der Waals surface area (Å²) in [6, 6.07) is 0. The topological polar surface area (TPSA) is 70.6 Å². The Morgan fingerprint density at radius 2 is 2.07 bits per heavy atom. The number of carbonyl (C=O) groups is 1. The fourth-order valence-electron chi connectivity index (χ4n) is 0.958. The summed E-state index contributed by atoms with van der Waals surface area (Å²) in [7, 11) is 0. The van der Waals surface area contributed by atoms with Crippen molar-refractivity contribution in [1.29, 1.82) is 0 Å². The van der Waals surface area contributed by atoms with Gasteiger partial charge in [-0.2, -0.15) is 0 Å². The molecule has 5 nitrogen and oxygen atoms in total. The fraction of sp³-hybridized carbons (Fsp3) is 0.900. The van der Waals surface area contributed by atoms with Crippen molar-refractivity contribution in [2.75, 3.05) is 26.2 Å². The van der Waals surface area contributed by atoms with Crippen molar-refractivity contribution in [3.63, 3.8) is 0 Å². The van der Waals surface area contributed by atoms with Crippen LogP contribution in [0, 0.1) is 0 Å². The smallest absolute Gasteiger partial charge is 0.216 e. The van der Waals surface area contributed by atoms with Crippen molar-refractivity contribution in [2.45, 2.75) is 33.0 Å². The van der Waals surface area contributed by atoms with Crippen LogP contribution < -0.4 is 10.6 Å². The predicted octanol–water partition coefficient (Wildman–Crippen LogP) is -0.502. The Bertz CT molecular complexity index is 174. The SMILES string of the molecule is CC(=O)NCCNCC(O)COC(C)C. The van der Waals surface area contributed by atoms with Crippen molar-refractivity contribution in [3.8, 4) is 0 Å². The molecular weight excluding hydrogens is 196 g/mol. The van der Waals surface area contributed by atoms with Crippen molar-refractivity contribution < 1.29 is 14.6 Å². The van der Waals surface area contributed by atoms with E-state index in [2.05, 4.69) is 10.6 Å². The number of carbonyl (C=O) groups excluding carboxylic acids is 1. The maximum atomic E-state index is 10.5. The van der Waals surface area contributed by atoms with E-state index in [1.54, 1.807) is 0 Å². The van der Waals surface area contributed by atoms with Gasteiger partial charge in [-0.05, 0) is 13.8 Å². The number of aliphatic hydroxyl groups excluding tert-OH is 1. The first-order valence-electron chi connectivity index (χ1n) is 5.27. The molecule has 0 spiro atoms. The standard InChI is InChI=1S/C10H22N2O3/c1-8(2)15-7-10(14)6-11-4-5-12-9(3)13/h8,10-11,14H,4-7H2,1-3H3,(H,12,13). The molecule has 0 fully saturated rings. The van der Waals surface area contributed by atoms with Gasteiger partial charge >= 0.3 is 0 Å². The van der Waals surface area contributed by atoms with Crippen molar-refractivity contribution >= 4 is 5.91 Å². The average Bonchev–Trinajstić information content (AvgIpc) is 2.13. The number of amides is 1. The lowest BCUT2D eigenvalue weighted by molar-refractivity contribution is -0.118. The minimum absolute atomic E-state index is 0.0412. The van der Waals surface area contributed by atoms with Crippen LogP contribution >= 0.6 is 0 Å². The van der Waals surface area contributed by atoms with E-state index in [-0.39, 0.29) is 12.0 Å². The number of rotatable bonds is 8. The molecule has 0 aliphatic carbocycles. The summed E-state index contributed by atoms with van der Waals surface area (Å²) in [5.41, 5.74) is 0. The van der Waals surface area contributed by atoms with Crippen molar-refractivity contribution in [3.05, 3.63) is 0 Å². The van der Waals surface area contributed by atoms with Gasteiger partial charge in [0.1, 0.15) is 0 Å². The van der Waals surface area contributed by atoms with E-state index < -0.39 is 6.10 Å². The minimum atomic E-state index is -0.496. The van der Waals surface area contributed by atoms with E-state index in [9.17, 15) is 9.90 Å². The summed E-state index contributed by atoms with van der Waals surface area (Å²) in [5, 5.41) is 15.1. The minimum Gasteiger partial charge on any atom is -0.389 e. The lowest BCUT2D eigenvalue weighted by Gasteiger charge is -2.14. The van der Waals surface area contributed by atoms with Crippen LogP contribution in [0.25, 0.3) is 0 Å². The molecular formula is C10H22N2O3. The third kappa shape index (κ3) is 11.3. The Morgan fingerprint density at radius 3 is 2.60 bits per heavy atom. The first kappa shape index (κ1) is 14.3. The zero-order valence-corrected chi connectivity index (χ0v) is 9.75. The zero-order valence-electron chi connectivity index (χ0n) is 9.75. The molecule has 0 rings (SSSR count). The van der Waals surface area contributed by atoms with Crippen LogP contribution in [-0.2, 0) is 9.53 Å². The second kappa shape index (κ2) is 8.64. The lowest BCUT2D eigenvalue weighted by Crippen LogP contribution is -2.36. The molecule has 15 heavy (non-hydrogen) atoms. The van der Waals surface area contributed by atoms with Gasteiger partial charge in [-0.1, -0.05) is 0 Å². The van der Waals surface area contributed by atoms with Crippen LogP contribution in [0.1, 0.15) is 20.8 Å². The average molecular weight is 218 g/mol. The number of hydrogen-bond acceptors (Lipinski definition) is 4. The molecule has 0 aromatic rings. The quantitative estimate of drug-likeness (QED) is 0.480.